The van der Waals surface area contributed by atoms with Gasteiger partial charge in [-0.1, -0.05) is 35.1 Å². The first-order chi connectivity index (χ1) is 17.2. The van der Waals surface area contributed by atoms with Gasteiger partial charge in [0.25, 0.3) is 15.9 Å². The molecule has 36 heavy (non-hydrogen) atoms. The Morgan fingerprint density at radius 1 is 1.06 bits per heavy atom. The maximum absolute atomic E-state index is 13.6. The summed E-state index contributed by atoms with van der Waals surface area (Å²) in [7, 11) is -3.94. The Kier molecular flexibility index (Phi) is 6.09. The van der Waals surface area contributed by atoms with Crippen LogP contribution >= 0.6 is 11.3 Å². The Morgan fingerprint density at radius 3 is 2.50 bits per heavy atom. The smallest absolute Gasteiger partial charge is 0.308 e. The first-order valence-electron chi connectivity index (χ1n) is 11.5. The van der Waals surface area contributed by atoms with E-state index in [9.17, 15) is 18.0 Å². The summed E-state index contributed by atoms with van der Waals surface area (Å²) in [6, 6.07) is 17.1. The van der Waals surface area contributed by atoms with Crippen LogP contribution in [0.5, 0.6) is 5.75 Å². The Hall–Kier alpha value is -3.63. The molecule has 0 saturated heterocycles. The van der Waals surface area contributed by atoms with Crippen LogP contribution in [0, 0.1) is 13.8 Å². The molecule has 2 heterocycles. The molecule has 1 aromatic heterocycles. The van der Waals surface area contributed by atoms with Gasteiger partial charge in [-0.2, -0.15) is 0 Å². The van der Waals surface area contributed by atoms with Crippen molar-refractivity contribution in [3.05, 3.63) is 81.5 Å². The second kappa shape index (κ2) is 9.11. The number of hydrogen-bond acceptors (Lipinski definition) is 6. The largest absolute Gasteiger partial charge is 0.476 e. The zero-order valence-electron chi connectivity index (χ0n) is 20.0. The quantitative estimate of drug-likeness (QED) is 0.421. The van der Waals surface area contributed by atoms with Crippen LogP contribution in [-0.2, 0) is 21.4 Å². The van der Waals surface area contributed by atoms with Crippen molar-refractivity contribution >= 4 is 48.9 Å². The van der Waals surface area contributed by atoms with Crippen LogP contribution in [0.2, 0.25) is 0 Å². The Morgan fingerprint density at radius 2 is 1.78 bits per heavy atom. The SMILES string of the molecule is CCn1c(=O)sc2cc(NC(=O)[C@H]3CN(S(=O)(=O)c4ccc(C)cc4)c4cc(C)ccc4O3)ccc21. The standard InChI is InChI=1S/C26H25N3O5S2/c1-4-28-20-11-8-18(14-24(20)35-26(28)31)27-25(30)23-15-29(21-13-17(3)7-12-22(21)34-23)36(32,33)19-9-5-16(2)6-10-19/h5-14,23H,4,15H2,1-3H3,(H,27,30)/t23-/m1/s1. The van der Waals surface area contributed by atoms with E-state index in [1.54, 1.807) is 59.2 Å². The van der Waals surface area contributed by atoms with Gasteiger partial charge in [0.15, 0.2) is 6.10 Å². The lowest BCUT2D eigenvalue weighted by Gasteiger charge is -2.35. The van der Waals surface area contributed by atoms with E-state index in [0.717, 1.165) is 32.7 Å². The summed E-state index contributed by atoms with van der Waals surface area (Å²) < 4.78 is 36.9. The summed E-state index contributed by atoms with van der Waals surface area (Å²) in [5.74, 6) is -0.164. The number of thiazole rings is 1. The molecule has 10 heteroatoms. The van der Waals surface area contributed by atoms with Crippen LogP contribution in [0.25, 0.3) is 10.2 Å². The normalized spacial score (nSPS) is 15.4. The van der Waals surface area contributed by atoms with Gasteiger partial charge < -0.3 is 10.1 Å². The fraction of sp³-hybridized carbons (Fsp3) is 0.231. The van der Waals surface area contributed by atoms with Gasteiger partial charge in [-0.25, -0.2) is 8.42 Å². The third kappa shape index (κ3) is 4.27. The van der Waals surface area contributed by atoms with E-state index in [2.05, 4.69) is 5.32 Å². The minimum absolute atomic E-state index is 0.0598. The number of sulfonamides is 1. The molecule has 1 aliphatic rings. The van der Waals surface area contributed by atoms with Crippen molar-refractivity contribution in [2.75, 3.05) is 16.2 Å². The van der Waals surface area contributed by atoms with Crippen LogP contribution < -0.4 is 19.2 Å². The van der Waals surface area contributed by atoms with E-state index in [1.807, 2.05) is 26.8 Å². The van der Waals surface area contributed by atoms with Gasteiger partial charge in [-0.15, -0.1) is 0 Å². The number of nitrogens with one attached hydrogen (secondary N) is 1. The summed E-state index contributed by atoms with van der Waals surface area (Å²) in [4.78, 5) is 25.5. The number of ether oxygens (including phenoxy) is 1. The zero-order chi connectivity index (χ0) is 25.6. The molecule has 0 bridgehead atoms. The van der Waals surface area contributed by atoms with Crippen LogP contribution in [0.1, 0.15) is 18.1 Å². The molecule has 1 N–H and O–H groups in total. The number of aryl methyl sites for hydroxylation is 3. The third-order valence-electron chi connectivity index (χ3n) is 6.14. The van der Waals surface area contributed by atoms with Crippen LogP contribution in [0.3, 0.4) is 0 Å². The van der Waals surface area contributed by atoms with Gasteiger partial charge in [0, 0.05) is 12.2 Å². The lowest BCUT2D eigenvalue weighted by molar-refractivity contribution is -0.122. The van der Waals surface area contributed by atoms with Crippen molar-refractivity contribution in [3.8, 4) is 5.75 Å². The van der Waals surface area contributed by atoms with Crippen LogP contribution in [0.15, 0.2) is 70.4 Å². The number of fused-ring (bicyclic) bond motifs is 2. The molecule has 1 aliphatic heterocycles. The number of aromatic nitrogens is 1. The molecular formula is C26H25N3O5S2. The fourth-order valence-electron chi connectivity index (χ4n) is 4.23. The maximum Gasteiger partial charge on any atom is 0.308 e. The van der Waals surface area contributed by atoms with E-state index in [1.165, 1.54) is 4.31 Å². The van der Waals surface area contributed by atoms with Crippen LogP contribution in [0.4, 0.5) is 11.4 Å². The van der Waals surface area contributed by atoms with Gasteiger partial charge >= 0.3 is 4.87 Å². The number of nitrogens with zero attached hydrogens (tertiary/aromatic N) is 2. The van der Waals surface area contributed by atoms with E-state index >= 15 is 0 Å². The van der Waals surface area contributed by atoms with Gasteiger partial charge in [0.05, 0.1) is 27.3 Å². The van der Waals surface area contributed by atoms with Crippen molar-refractivity contribution in [1.29, 1.82) is 0 Å². The average Bonchev–Trinajstić information content (AvgIpc) is 3.17. The molecule has 5 rings (SSSR count). The Bertz CT molecular complexity index is 1640. The van der Waals surface area contributed by atoms with Gasteiger partial charge in [-0.3, -0.25) is 18.5 Å². The molecule has 0 saturated carbocycles. The highest BCUT2D eigenvalue weighted by molar-refractivity contribution is 7.92. The first kappa shape index (κ1) is 24.1. The number of carbonyl (C=O) groups excluding carboxylic acids is 1. The Labute approximate surface area is 212 Å². The highest BCUT2D eigenvalue weighted by Crippen LogP contribution is 2.38. The lowest BCUT2D eigenvalue weighted by atomic mass is 10.1. The molecule has 0 radical (unpaired) electrons. The molecule has 4 aromatic rings. The molecule has 0 unspecified atom stereocenters. The fourth-order valence-corrected chi connectivity index (χ4v) is 6.69. The predicted molar refractivity (Wildman–Crippen MR) is 142 cm³/mol. The molecule has 8 nitrogen and oxygen atoms in total. The average molecular weight is 524 g/mol. The predicted octanol–water partition coefficient (Wildman–Crippen LogP) is 4.29. The molecule has 0 aliphatic carbocycles. The van der Waals surface area contributed by atoms with Gasteiger partial charge in [0.2, 0.25) is 0 Å². The van der Waals surface area contributed by atoms with E-state index in [-0.39, 0.29) is 16.3 Å². The molecule has 3 aromatic carbocycles. The number of amides is 1. The summed E-state index contributed by atoms with van der Waals surface area (Å²) in [5.41, 5.74) is 3.52. The second-order valence-electron chi connectivity index (χ2n) is 8.71. The minimum atomic E-state index is -3.94. The van der Waals surface area contributed by atoms with E-state index in [0.29, 0.717) is 23.7 Å². The topological polar surface area (TPSA) is 97.7 Å². The molecule has 1 atom stereocenters. The summed E-state index contributed by atoms with van der Waals surface area (Å²) in [5, 5.41) is 2.82. The molecular weight excluding hydrogens is 498 g/mol. The van der Waals surface area contributed by atoms with Crippen molar-refractivity contribution in [2.45, 2.75) is 38.3 Å². The number of anilines is 2. The first-order valence-corrected chi connectivity index (χ1v) is 13.7. The number of benzene rings is 3. The molecule has 186 valence electrons. The van der Waals surface area contributed by atoms with Crippen molar-refractivity contribution in [1.82, 2.24) is 4.57 Å². The lowest BCUT2D eigenvalue weighted by Crippen LogP contribution is -2.48. The molecule has 1 amide bonds. The van der Waals surface area contributed by atoms with Gasteiger partial charge in [-0.05, 0) is 68.8 Å². The molecule has 0 fully saturated rings. The number of hydrogen-bond donors (Lipinski definition) is 1. The summed E-state index contributed by atoms with van der Waals surface area (Å²) in [6.45, 7) is 6.04. The number of rotatable bonds is 5. The van der Waals surface area contributed by atoms with E-state index in [4.69, 9.17) is 4.74 Å². The van der Waals surface area contributed by atoms with Crippen LogP contribution in [-0.4, -0.2) is 31.5 Å². The van der Waals surface area contributed by atoms with Crippen molar-refractivity contribution in [3.63, 3.8) is 0 Å². The second-order valence-corrected chi connectivity index (χ2v) is 11.6. The van der Waals surface area contributed by atoms with Gasteiger partial charge in [0.1, 0.15) is 5.75 Å². The monoisotopic (exact) mass is 523 g/mol. The Balaban J connectivity index is 1.47. The van der Waals surface area contributed by atoms with Crippen molar-refractivity contribution in [2.24, 2.45) is 0 Å². The zero-order valence-corrected chi connectivity index (χ0v) is 21.7. The van der Waals surface area contributed by atoms with E-state index < -0.39 is 22.0 Å². The maximum atomic E-state index is 13.6. The highest BCUT2D eigenvalue weighted by atomic mass is 32.2. The minimum Gasteiger partial charge on any atom is -0.476 e. The summed E-state index contributed by atoms with van der Waals surface area (Å²) in [6.07, 6.45) is -1.07. The van der Waals surface area contributed by atoms with Crippen molar-refractivity contribution < 1.29 is 17.9 Å². The number of carbonyl (C=O) groups is 1. The summed E-state index contributed by atoms with van der Waals surface area (Å²) >= 11 is 1.11. The third-order valence-corrected chi connectivity index (χ3v) is 8.87. The molecule has 0 spiro atoms. The highest BCUT2D eigenvalue weighted by Gasteiger charge is 2.37.